The summed E-state index contributed by atoms with van der Waals surface area (Å²) in [4.78, 5) is 26.9. The van der Waals surface area contributed by atoms with E-state index < -0.39 is 0 Å². The number of nitrogens with zero attached hydrogens (tertiary/aromatic N) is 4. The zero-order chi connectivity index (χ0) is 21.1. The molecule has 0 N–H and O–H groups in total. The van der Waals surface area contributed by atoms with Crippen LogP contribution in [0.2, 0.25) is 0 Å². The standard InChI is InChI=1S/C25H34N4O/c1-18-8-7-9-21(16-18)17-23-19(2)26-20(3)27-24(23)28-12-14-29(15-13-28)25(30)22-10-5-4-6-11-22/h7-9,16,22H,4-6,10-15,17H2,1-3H3. The molecular weight excluding hydrogens is 372 g/mol. The lowest BCUT2D eigenvalue weighted by molar-refractivity contribution is -0.136. The third-order valence-corrected chi connectivity index (χ3v) is 6.61. The van der Waals surface area contributed by atoms with Crippen LogP contribution in [0.4, 0.5) is 5.82 Å². The molecule has 160 valence electrons. The van der Waals surface area contributed by atoms with Crippen LogP contribution in [0.15, 0.2) is 24.3 Å². The van der Waals surface area contributed by atoms with Gasteiger partial charge in [0, 0.05) is 49.8 Å². The van der Waals surface area contributed by atoms with E-state index in [4.69, 9.17) is 4.98 Å². The molecule has 1 aromatic heterocycles. The minimum absolute atomic E-state index is 0.255. The second-order valence-electron chi connectivity index (χ2n) is 8.97. The van der Waals surface area contributed by atoms with E-state index in [0.29, 0.717) is 5.91 Å². The minimum Gasteiger partial charge on any atom is -0.353 e. The normalized spacial score (nSPS) is 18.0. The Morgan fingerprint density at radius 1 is 1.00 bits per heavy atom. The molecule has 2 heterocycles. The molecule has 0 bridgehead atoms. The number of hydrogen-bond acceptors (Lipinski definition) is 4. The largest absolute Gasteiger partial charge is 0.353 e. The second-order valence-corrected chi connectivity index (χ2v) is 8.97. The third kappa shape index (κ3) is 4.66. The van der Waals surface area contributed by atoms with E-state index in [0.717, 1.165) is 62.8 Å². The maximum absolute atomic E-state index is 12.9. The number of carbonyl (C=O) groups excluding carboxylic acids is 1. The molecule has 1 aromatic carbocycles. The lowest BCUT2D eigenvalue weighted by Crippen LogP contribution is -2.51. The molecule has 2 aliphatic rings. The van der Waals surface area contributed by atoms with E-state index in [1.165, 1.54) is 36.0 Å². The summed E-state index contributed by atoms with van der Waals surface area (Å²) >= 11 is 0. The van der Waals surface area contributed by atoms with Crippen LogP contribution in [0.25, 0.3) is 0 Å². The molecule has 30 heavy (non-hydrogen) atoms. The summed E-state index contributed by atoms with van der Waals surface area (Å²) in [6.07, 6.45) is 6.68. The average Bonchev–Trinajstić information content (AvgIpc) is 2.76. The van der Waals surface area contributed by atoms with E-state index >= 15 is 0 Å². The molecule has 1 saturated carbocycles. The van der Waals surface area contributed by atoms with Gasteiger partial charge in [0.1, 0.15) is 11.6 Å². The van der Waals surface area contributed by atoms with E-state index in [2.05, 4.69) is 52.9 Å². The van der Waals surface area contributed by atoms with Crippen LogP contribution in [0.1, 0.15) is 60.3 Å². The van der Waals surface area contributed by atoms with E-state index in [-0.39, 0.29) is 5.92 Å². The monoisotopic (exact) mass is 406 g/mol. The molecule has 2 aromatic rings. The van der Waals surface area contributed by atoms with Crippen molar-refractivity contribution in [2.45, 2.75) is 59.3 Å². The topological polar surface area (TPSA) is 49.3 Å². The Labute approximate surface area is 180 Å². The fourth-order valence-electron chi connectivity index (χ4n) is 4.96. The molecule has 0 unspecified atom stereocenters. The maximum Gasteiger partial charge on any atom is 0.225 e. The summed E-state index contributed by atoms with van der Waals surface area (Å²) in [5.74, 6) is 2.50. The first-order valence-electron chi connectivity index (χ1n) is 11.4. The number of piperazine rings is 1. The van der Waals surface area contributed by atoms with Crippen LogP contribution in [-0.4, -0.2) is 47.0 Å². The van der Waals surface area contributed by atoms with Gasteiger partial charge in [-0.25, -0.2) is 9.97 Å². The first kappa shape index (κ1) is 20.8. The zero-order valence-electron chi connectivity index (χ0n) is 18.7. The summed E-state index contributed by atoms with van der Waals surface area (Å²) in [6, 6.07) is 8.66. The summed E-state index contributed by atoms with van der Waals surface area (Å²) in [5.41, 5.74) is 4.82. The van der Waals surface area contributed by atoms with Crippen molar-refractivity contribution >= 4 is 11.7 Å². The van der Waals surface area contributed by atoms with Gasteiger partial charge in [0.25, 0.3) is 0 Å². The lowest BCUT2D eigenvalue weighted by Gasteiger charge is -2.38. The van der Waals surface area contributed by atoms with Crippen LogP contribution < -0.4 is 4.90 Å². The van der Waals surface area contributed by atoms with Gasteiger partial charge in [-0.3, -0.25) is 4.79 Å². The van der Waals surface area contributed by atoms with Crippen LogP contribution >= 0.6 is 0 Å². The van der Waals surface area contributed by atoms with Crippen LogP contribution in [0.5, 0.6) is 0 Å². The van der Waals surface area contributed by atoms with Gasteiger partial charge >= 0.3 is 0 Å². The highest BCUT2D eigenvalue weighted by atomic mass is 16.2. The first-order chi connectivity index (χ1) is 14.5. The van der Waals surface area contributed by atoms with Crippen LogP contribution in [0.3, 0.4) is 0 Å². The Morgan fingerprint density at radius 3 is 2.43 bits per heavy atom. The second kappa shape index (κ2) is 9.15. The molecule has 1 aliphatic heterocycles. The molecule has 5 heteroatoms. The molecule has 0 spiro atoms. The number of carbonyl (C=O) groups is 1. The van der Waals surface area contributed by atoms with E-state index in [1.54, 1.807) is 0 Å². The number of hydrogen-bond donors (Lipinski definition) is 0. The van der Waals surface area contributed by atoms with E-state index in [9.17, 15) is 4.79 Å². The zero-order valence-corrected chi connectivity index (χ0v) is 18.7. The van der Waals surface area contributed by atoms with Crippen molar-refractivity contribution in [2.24, 2.45) is 5.92 Å². The quantitative estimate of drug-likeness (QED) is 0.763. The maximum atomic E-state index is 12.9. The molecule has 4 rings (SSSR count). The molecule has 0 atom stereocenters. The minimum atomic E-state index is 0.255. The molecule has 1 saturated heterocycles. The van der Waals surface area contributed by atoms with Crippen molar-refractivity contribution in [3.63, 3.8) is 0 Å². The summed E-state index contributed by atoms with van der Waals surface area (Å²) in [7, 11) is 0. The van der Waals surface area contributed by atoms with Crippen molar-refractivity contribution in [1.29, 1.82) is 0 Å². The van der Waals surface area contributed by atoms with Crippen molar-refractivity contribution < 1.29 is 4.79 Å². The molecule has 5 nitrogen and oxygen atoms in total. The van der Waals surface area contributed by atoms with Crippen molar-refractivity contribution in [3.05, 3.63) is 52.5 Å². The Kier molecular flexibility index (Phi) is 6.35. The smallest absolute Gasteiger partial charge is 0.225 e. The van der Waals surface area contributed by atoms with Gasteiger partial charge in [-0.1, -0.05) is 49.1 Å². The van der Waals surface area contributed by atoms with Gasteiger partial charge in [0.05, 0.1) is 0 Å². The van der Waals surface area contributed by atoms with Gasteiger partial charge < -0.3 is 9.80 Å². The van der Waals surface area contributed by atoms with Gasteiger partial charge in [-0.2, -0.15) is 0 Å². The van der Waals surface area contributed by atoms with Crippen molar-refractivity contribution in [1.82, 2.24) is 14.9 Å². The Bertz CT molecular complexity index is 896. The lowest BCUT2D eigenvalue weighted by atomic mass is 9.88. The number of aromatic nitrogens is 2. The van der Waals surface area contributed by atoms with Crippen LogP contribution in [0, 0.1) is 26.7 Å². The molecular formula is C25H34N4O. The van der Waals surface area contributed by atoms with Gasteiger partial charge in [-0.05, 0) is 39.2 Å². The highest BCUT2D eigenvalue weighted by Gasteiger charge is 2.29. The highest BCUT2D eigenvalue weighted by molar-refractivity contribution is 5.79. The number of anilines is 1. The highest BCUT2D eigenvalue weighted by Crippen LogP contribution is 2.28. The molecule has 0 radical (unpaired) electrons. The fourth-order valence-corrected chi connectivity index (χ4v) is 4.96. The fraction of sp³-hybridized carbons (Fsp3) is 0.560. The third-order valence-electron chi connectivity index (χ3n) is 6.61. The van der Waals surface area contributed by atoms with Crippen molar-refractivity contribution in [2.75, 3.05) is 31.1 Å². The SMILES string of the molecule is Cc1cccc(Cc2c(C)nc(C)nc2N2CCN(C(=O)C3CCCCC3)CC2)c1. The first-order valence-corrected chi connectivity index (χ1v) is 11.4. The van der Waals surface area contributed by atoms with Gasteiger partial charge in [0.15, 0.2) is 0 Å². The Morgan fingerprint density at radius 2 is 1.73 bits per heavy atom. The predicted molar refractivity (Wildman–Crippen MR) is 121 cm³/mol. The van der Waals surface area contributed by atoms with Gasteiger partial charge in [-0.15, -0.1) is 0 Å². The molecule has 2 fully saturated rings. The Balaban J connectivity index is 1.49. The Hall–Kier alpha value is -2.43. The number of benzene rings is 1. The predicted octanol–water partition coefficient (Wildman–Crippen LogP) is 4.22. The average molecular weight is 407 g/mol. The van der Waals surface area contributed by atoms with Crippen molar-refractivity contribution in [3.8, 4) is 0 Å². The summed E-state index contributed by atoms with van der Waals surface area (Å²) in [6.45, 7) is 9.46. The molecule has 1 aliphatic carbocycles. The summed E-state index contributed by atoms with van der Waals surface area (Å²) < 4.78 is 0. The molecule has 1 amide bonds. The number of amides is 1. The number of rotatable bonds is 4. The van der Waals surface area contributed by atoms with E-state index in [1.807, 2.05) is 6.92 Å². The van der Waals surface area contributed by atoms with Crippen LogP contribution in [-0.2, 0) is 11.2 Å². The summed E-state index contributed by atoms with van der Waals surface area (Å²) in [5, 5.41) is 0. The number of aryl methyl sites for hydroxylation is 3. The van der Waals surface area contributed by atoms with Gasteiger partial charge in [0.2, 0.25) is 5.91 Å².